The zero-order valence-corrected chi connectivity index (χ0v) is 19.6. The Morgan fingerprint density at radius 1 is 1.22 bits per heavy atom. The summed E-state index contributed by atoms with van der Waals surface area (Å²) in [4.78, 5) is 21.4. The predicted molar refractivity (Wildman–Crippen MR) is 126 cm³/mol. The lowest BCUT2D eigenvalue weighted by Crippen LogP contribution is -2.39. The molecule has 2 heterocycles. The molecule has 3 aromatic rings. The van der Waals surface area contributed by atoms with Crippen LogP contribution in [0.15, 0.2) is 36.4 Å². The van der Waals surface area contributed by atoms with Crippen LogP contribution in [-0.4, -0.2) is 55.2 Å². The van der Waals surface area contributed by atoms with Crippen LogP contribution in [0.3, 0.4) is 0 Å². The van der Waals surface area contributed by atoms with Crippen molar-refractivity contribution in [2.24, 2.45) is 0 Å². The zero-order chi connectivity index (χ0) is 21.8. The molecule has 0 bridgehead atoms. The van der Waals surface area contributed by atoms with E-state index in [-0.39, 0.29) is 30.3 Å². The first-order valence-electron chi connectivity index (χ1n) is 10.1. The first-order chi connectivity index (χ1) is 15.0. The minimum Gasteiger partial charge on any atom is -0.379 e. The molecule has 1 saturated heterocycles. The summed E-state index contributed by atoms with van der Waals surface area (Å²) in [6.07, 6.45) is 0.824. The number of hydrogen-bond acceptors (Lipinski definition) is 5. The second kappa shape index (κ2) is 11.3. The molecule has 1 aromatic heterocycles. The molecule has 4 rings (SSSR count). The number of morpholine rings is 1. The average Bonchev–Trinajstić information content (AvgIpc) is 3.17. The van der Waals surface area contributed by atoms with Gasteiger partial charge in [0.1, 0.15) is 11.3 Å². The number of fused-ring (bicyclic) bond motifs is 1. The Kier molecular flexibility index (Phi) is 8.79. The van der Waals surface area contributed by atoms with Crippen molar-refractivity contribution in [3.8, 4) is 0 Å². The molecule has 10 heteroatoms. The van der Waals surface area contributed by atoms with Gasteiger partial charge in [-0.1, -0.05) is 41.1 Å². The van der Waals surface area contributed by atoms with Crippen molar-refractivity contribution in [2.45, 2.75) is 12.8 Å². The summed E-state index contributed by atoms with van der Waals surface area (Å²) in [5, 5.41) is 0.875. The lowest BCUT2D eigenvalue weighted by molar-refractivity contribution is -0.118. The summed E-state index contributed by atoms with van der Waals surface area (Å²) in [7, 11) is 0. The van der Waals surface area contributed by atoms with Gasteiger partial charge in [-0.3, -0.25) is 14.6 Å². The molecule has 2 aromatic carbocycles. The molecule has 172 valence electrons. The number of halogens is 4. The van der Waals surface area contributed by atoms with Crippen molar-refractivity contribution in [1.29, 1.82) is 0 Å². The van der Waals surface area contributed by atoms with E-state index < -0.39 is 11.6 Å². The van der Waals surface area contributed by atoms with Gasteiger partial charge in [0.25, 0.3) is 0 Å². The van der Waals surface area contributed by atoms with Gasteiger partial charge in [0, 0.05) is 37.3 Å². The van der Waals surface area contributed by atoms with Crippen LogP contribution in [0.2, 0.25) is 5.02 Å². The lowest BCUT2D eigenvalue weighted by Gasteiger charge is -2.27. The fraction of sp³-hybridized carbons (Fsp3) is 0.364. The smallest absolute Gasteiger partial charge is 0.233 e. The highest BCUT2D eigenvalue weighted by molar-refractivity contribution is 7.22. The largest absolute Gasteiger partial charge is 0.379 e. The van der Waals surface area contributed by atoms with Crippen LogP contribution in [0.5, 0.6) is 0 Å². The molecule has 5 nitrogen and oxygen atoms in total. The van der Waals surface area contributed by atoms with Crippen molar-refractivity contribution >= 4 is 56.6 Å². The van der Waals surface area contributed by atoms with Gasteiger partial charge >= 0.3 is 0 Å². The number of thiazole rings is 1. The Balaban J connectivity index is 0.00000289. The van der Waals surface area contributed by atoms with Crippen LogP contribution in [0.1, 0.15) is 12.0 Å². The number of ether oxygens (including phenoxy) is 1. The fourth-order valence-corrected chi connectivity index (χ4v) is 4.82. The van der Waals surface area contributed by atoms with Crippen molar-refractivity contribution in [3.05, 3.63) is 58.6 Å². The third kappa shape index (κ3) is 5.94. The SMILES string of the molecule is Cl.O=C(Cc1ccccc1Cl)N(CCCN1CCOCC1)c1nc2c(F)cc(F)cc2s1. The number of amides is 1. The monoisotopic (exact) mass is 501 g/mol. The second-order valence-electron chi connectivity index (χ2n) is 7.35. The van der Waals surface area contributed by atoms with Gasteiger partial charge < -0.3 is 4.74 Å². The van der Waals surface area contributed by atoms with E-state index in [2.05, 4.69) is 9.88 Å². The molecule has 0 radical (unpaired) electrons. The Bertz CT molecular complexity index is 1080. The van der Waals surface area contributed by atoms with Crippen molar-refractivity contribution in [2.75, 3.05) is 44.3 Å². The molecule has 0 saturated carbocycles. The molecule has 1 amide bonds. The van der Waals surface area contributed by atoms with Crippen LogP contribution >= 0.6 is 35.3 Å². The summed E-state index contributed by atoms with van der Waals surface area (Å²) in [6, 6.07) is 9.22. The van der Waals surface area contributed by atoms with Crippen LogP contribution in [-0.2, 0) is 16.0 Å². The third-order valence-electron chi connectivity index (χ3n) is 5.19. The van der Waals surface area contributed by atoms with E-state index in [0.717, 1.165) is 43.5 Å². The number of carbonyl (C=O) groups is 1. The van der Waals surface area contributed by atoms with Gasteiger partial charge in [-0.05, 0) is 24.1 Å². The number of rotatable bonds is 7. The highest BCUT2D eigenvalue weighted by atomic mass is 35.5. The maximum Gasteiger partial charge on any atom is 0.233 e. The molecule has 0 aliphatic carbocycles. The van der Waals surface area contributed by atoms with Crippen LogP contribution < -0.4 is 4.90 Å². The van der Waals surface area contributed by atoms with Crippen molar-refractivity contribution in [3.63, 3.8) is 0 Å². The fourth-order valence-electron chi connectivity index (χ4n) is 3.57. The van der Waals surface area contributed by atoms with Gasteiger partial charge in [-0.2, -0.15) is 0 Å². The molecule has 1 aliphatic heterocycles. The summed E-state index contributed by atoms with van der Waals surface area (Å²) in [5.41, 5.74) is 0.788. The Hall–Kier alpha value is -1.84. The molecule has 0 N–H and O–H groups in total. The number of benzene rings is 2. The van der Waals surface area contributed by atoms with E-state index in [1.54, 1.807) is 23.1 Å². The Morgan fingerprint density at radius 2 is 1.97 bits per heavy atom. The molecule has 32 heavy (non-hydrogen) atoms. The summed E-state index contributed by atoms with van der Waals surface area (Å²) < 4.78 is 33.6. The molecule has 0 atom stereocenters. The van der Waals surface area contributed by atoms with E-state index in [1.807, 2.05) is 6.07 Å². The molecular formula is C22H23Cl2F2N3O2S. The average molecular weight is 502 g/mol. The third-order valence-corrected chi connectivity index (χ3v) is 6.59. The predicted octanol–water partition coefficient (Wildman–Crippen LogP) is 4.95. The first-order valence-corrected chi connectivity index (χ1v) is 11.3. The van der Waals surface area contributed by atoms with Crippen LogP contribution in [0.25, 0.3) is 10.2 Å². The molecular weight excluding hydrogens is 479 g/mol. The second-order valence-corrected chi connectivity index (χ2v) is 8.77. The van der Waals surface area contributed by atoms with E-state index in [0.29, 0.717) is 40.2 Å². The normalized spacial score (nSPS) is 14.3. The maximum absolute atomic E-state index is 14.2. The van der Waals surface area contributed by atoms with E-state index >= 15 is 0 Å². The van der Waals surface area contributed by atoms with Crippen LogP contribution in [0.4, 0.5) is 13.9 Å². The maximum atomic E-state index is 14.2. The number of carbonyl (C=O) groups excluding carboxylic acids is 1. The molecule has 0 unspecified atom stereocenters. The Morgan fingerprint density at radius 3 is 2.72 bits per heavy atom. The topological polar surface area (TPSA) is 45.7 Å². The number of aromatic nitrogens is 1. The summed E-state index contributed by atoms with van der Waals surface area (Å²) >= 11 is 7.34. The first kappa shape index (κ1) is 24.8. The Labute approximate surface area is 200 Å². The zero-order valence-electron chi connectivity index (χ0n) is 17.2. The van der Waals surface area contributed by atoms with Gasteiger partial charge in [0.2, 0.25) is 5.91 Å². The van der Waals surface area contributed by atoms with Crippen molar-refractivity contribution in [1.82, 2.24) is 9.88 Å². The van der Waals surface area contributed by atoms with E-state index in [9.17, 15) is 13.6 Å². The quantitative estimate of drug-likeness (QED) is 0.459. The minimum absolute atomic E-state index is 0. The van der Waals surface area contributed by atoms with Gasteiger partial charge in [0.05, 0.1) is 24.3 Å². The van der Waals surface area contributed by atoms with Gasteiger partial charge in [-0.25, -0.2) is 13.8 Å². The van der Waals surface area contributed by atoms with Gasteiger partial charge in [-0.15, -0.1) is 12.4 Å². The minimum atomic E-state index is -0.732. The molecule has 1 aliphatic rings. The standard InChI is InChI=1S/C22H22ClF2N3O2S.ClH/c23-17-5-2-1-4-15(17)12-20(29)28(7-3-6-27-8-10-30-11-9-27)22-26-21-18(25)13-16(24)14-19(21)31-22;/h1-2,4-5,13-14H,3,6-12H2;1H. The molecule has 1 fully saturated rings. The van der Waals surface area contributed by atoms with Crippen LogP contribution in [0, 0.1) is 11.6 Å². The molecule has 0 spiro atoms. The number of anilines is 1. The number of hydrogen-bond donors (Lipinski definition) is 0. The highest BCUT2D eigenvalue weighted by Crippen LogP contribution is 2.32. The van der Waals surface area contributed by atoms with E-state index in [4.69, 9.17) is 16.3 Å². The summed E-state index contributed by atoms with van der Waals surface area (Å²) in [6.45, 7) is 4.37. The highest BCUT2D eigenvalue weighted by Gasteiger charge is 2.22. The summed E-state index contributed by atoms with van der Waals surface area (Å²) in [5.74, 6) is -1.58. The van der Waals surface area contributed by atoms with Crippen molar-refractivity contribution < 1.29 is 18.3 Å². The van der Waals surface area contributed by atoms with E-state index in [1.165, 1.54) is 6.07 Å². The van der Waals surface area contributed by atoms with Gasteiger partial charge in [0.15, 0.2) is 10.9 Å². The lowest BCUT2D eigenvalue weighted by atomic mass is 10.1. The number of nitrogens with zero attached hydrogens (tertiary/aromatic N) is 3.